The van der Waals surface area contributed by atoms with E-state index in [-0.39, 0.29) is 0 Å². The Morgan fingerprint density at radius 1 is 1.28 bits per heavy atom. The third kappa shape index (κ3) is 1.72. The minimum atomic E-state index is 0.845. The summed E-state index contributed by atoms with van der Waals surface area (Å²) in [5, 5.41) is 1.31. The molecule has 2 fully saturated rings. The summed E-state index contributed by atoms with van der Waals surface area (Å²) in [5.74, 6) is 2.93. The summed E-state index contributed by atoms with van der Waals surface area (Å²) in [5.41, 5.74) is 7.79. The van der Waals surface area contributed by atoms with Crippen LogP contribution in [0.3, 0.4) is 0 Å². The number of nitrogens with two attached hydrogens (primary N) is 1. The first-order chi connectivity index (χ1) is 8.78. The number of thiazole rings is 1. The number of aromatic nitrogens is 1. The molecule has 2 nitrogen and oxygen atoms in total. The lowest BCUT2D eigenvalue weighted by molar-refractivity contribution is 0.331. The van der Waals surface area contributed by atoms with E-state index in [1.807, 2.05) is 23.5 Å². The smallest absolute Gasteiger partial charge is 0.0941 e. The van der Waals surface area contributed by atoms with E-state index in [0.717, 1.165) is 29.0 Å². The van der Waals surface area contributed by atoms with Gasteiger partial charge in [-0.2, -0.15) is 0 Å². The Morgan fingerprint density at radius 2 is 2.22 bits per heavy atom. The molecule has 94 valence electrons. The molecule has 2 bridgehead atoms. The molecule has 4 rings (SSSR count). The highest BCUT2D eigenvalue weighted by molar-refractivity contribution is 7.18. The first-order valence-electron chi connectivity index (χ1n) is 6.93. The van der Waals surface area contributed by atoms with E-state index in [1.165, 1.54) is 41.8 Å². The summed E-state index contributed by atoms with van der Waals surface area (Å²) in [7, 11) is 0. The van der Waals surface area contributed by atoms with Crippen LogP contribution < -0.4 is 5.73 Å². The van der Waals surface area contributed by atoms with E-state index in [2.05, 4.69) is 6.07 Å². The number of rotatable bonds is 2. The molecule has 3 atom stereocenters. The second-order valence-electron chi connectivity index (χ2n) is 5.97. The second kappa shape index (κ2) is 3.95. The van der Waals surface area contributed by atoms with Crippen LogP contribution >= 0.6 is 11.3 Å². The minimum absolute atomic E-state index is 0.845. The molecule has 1 aromatic heterocycles. The van der Waals surface area contributed by atoms with E-state index < -0.39 is 0 Å². The van der Waals surface area contributed by atoms with Gasteiger partial charge in [-0.05, 0) is 55.2 Å². The molecule has 2 aliphatic rings. The Bertz CT molecular complexity index is 589. The highest BCUT2D eigenvalue weighted by Gasteiger charge is 2.39. The van der Waals surface area contributed by atoms with E-state index >= 15 is 0 Å². The zero-order valence-electron chi connectivity index (χ0n) is 10.4. The summed E-state index contributed by atoms with van der Waals surface area (Å²) < 4.78 is 1.24. The molecule has 18 heavy (non-hydrogen) atoms. The highest BCUT2D eigenvalue weighted by Crippen LogP contribution is 2.49. The maximum absolute atomic E-state index is 5.83. The lowest BCUT2D eigenvalue weighted by Gasteiger charge is -2.20. The molecule has 0 spiro atoms. The Labute approximate surface area is 111 Å². The van der Waals surface area contributed by atoms with Crippen LogP contribution in [-0.4, -0.2) is 4.98 Å². The van der Waals surface area contributed by atoms with Crippen molar-refractivity contribution in [2.24, 2.45) is 17.8 Å². The van der Waals surface area contributed by atoms with Crippen molar-refractivity contribution in [3.63, 3.8) is 0 Å². The maximum Gasteiger partial charge on any atom is 0.0941 e. The van der Waals surface area contributed by atoms with Crippen LogP contribution in [0.25, 0.3) is 10.2 Å². The molecule has 3 unspecified atom stereocenters. The van der Waals surface area contributed by atoms with Gasteiger partial charge in [0, 0.05) is 12.1 Å². The SMILES string of the molecule is Nc1ccc2nc(CC3CC4CCC3C4)sc2c1. The van der Waals surface area contributed by atoms with Gasteiger partial charge in [0.2, 0.25) is 0 Å². The van der Waals surface area contributed by atoms with Crippen LogP contribution in [0.5, 0.6) is 0 Å². The summed E-state index contributed by atoms with van der Waals surface area (Å²) in [6.45, 7) is 0. The van der Waals surface area contributed by atoms with Crippen molar-refractivity contribution in [1.82, 2.24) is 4.98 Å². The summed E-state index contributed by atoms with van der Waals surface area (Å²) in [4.78, 5) is 4.76. The Hall–Kier alpha value is -1.09. The van der Waals surface area contributed by atoms with Gasteiger partial charge in [0.15, 0.2) is 0 Å². The molecule has 2 saturated carbocycles. The van der Waals surface area contributed by atoms with Crippen LogP contribution in [0, 0.1) is 17.8 Å². The van der Waals surface area contributed by atoms with Crippen molar-refractivity contribution in [2.45, 2.75) is 32.1 Å². The fourth-order valence-electron chi connectivity index (χ4n) is 3.93. The number of anilines is 1. The van der Waals surface area contributed by atoms with Crippen LogP contribution in [0.4, 0.5) is 5.69 Å². The normalized spacial score (nSPS) is 30.3. The summed E-state index contributed by atoms with van der Waals surface area (Å²) in [6, 6.07) is 6.05. The van der Waals surface area contributed by atoms with Gasteiger partial charge in [0.25, 0.3) is 0 Å². The summed E-state index contributed by atoms with van der Waals surface area (Å²) >= 11 is 1.83. The van der Waals surface area contributed by atoms with Gasteiger partial charge in [-0.25, -0.2) is 4.98 Å². The van der Waals surface area contributed by atoms with Crippen molar-refractivity contribution >= 4 is 27.2 Å². The lowest BCUT2D eigenvalue weighted by atomic mass is 9.87. The second-order valence-corrected chi connectivity index (χ2v) is 7.09. The van der Waals surface area contributed by atoms with Crippen LogP contribution in [-0.2, 0) is 6.42 Å². The molecule has 2 N–H and O–H groups in total. The predicted molar refractivity (Wildman–Crippen MR) is 76.7 cm³/mol. The van der Waals surface area contributed by atoms with Gasteiger partial charge in [0.05, 0.1) is 15.2 Å². The molecule has 0 saturated heterocycles. The largest absolute Gasteiger partial charge is 0.399 e. The lowest BCUT2D eigenvalue weighted by Crippen LogP contribution is -2.12. The molecular formula is C15H18N2S. The van der Waals surface area contributed by atoms with Gasteiger partial charge in [-0.15, -0.1) is 11.3 Å². The highest BCUT2D eigenvalue weighted by atomic mass is 32.1. The van der Waals surface area contributed by atoms with Crippen molar-refractivity contribution < 1.29 is 0 Å². The van der Waals surface area contributed by atoms with Gasteiger partial charge in [-0.3, -0.25) is 0 Å². The Morgan fingerprint density at radius 3 is 3.00 bits per heavy atom. The van der Waals surface area contributed by atoms with Crippen LogP contribution in [0.2, 0.25) is 0 Å². The van der Waals surface area contributed by atoms with E-state index in [1.54, 1.807) is 0 Å². The quantitative estimate of drug-likeness (QED) is 0.831. The molecular weight excluding hydrogens is 240 g/mol. The molecule has 0 aliphatic heterocycles. The van der Waals surface area contributed by atoms with Gasteiger partial charge in [-0.1, -0.05) is 6.42 Å². The molecule has 0 radical (unpaired) electrons. The number of benzene rings is 1. The molecule has 2 aliphatic carbocycles. The average Bonchev–Trinajstić information content (AvgIpc) is 3.02. The molecule has 3 heteroatoms. The average molecular weight is 258 g/mol. The Kier molecular flexibility index (Phi) is 2.37. The third-order valence-corrected chi connectivity index (χ3v) is 5.82. The van der Waals surface area contributed by atoms with Gasteiger partial charge >= 0.3 is 0 Å². The number of nitrogens with zero attached hydrogens (tertiary/aromatic N) is 1. The topological polar surface area (TPSA) is 38.9 Å². The first kappa shape index (κ1) is 10.8. The van der Waals surface area contributed by atoms with Crippen molar-refractivity contribution in [1.29, 1.82) is 0 Å². The minimum Gasteiger partial charge on any atom is -0.399 e. The third-order valence-electron chi connectivity index (χ3n) is 4.78. The molecule has 1 heterocycles. The Balaban J connectivity index is 1.59. The predicted octanol–water partition coefficient (Wildman–Crippen LogP) is 3.86. The summed E-state index contributed by atoms with van der Waals surface area (Å²) in [6.07, 6.45) is 7.08. The monoisotopic (exact) mass is 258 g/mol. The molecule has 1 aromatic carbocycles. The number of nitrogen functional groups attached to an aromatic ring is 1. The van der Waals surface area contributed by atoms with E-state index in [4.69, 9.17) is 10.7 Å². The standard InChI is InChI=1S/C15H18N2S/c16-12-3-4-13-14(8-12)18-15(17-13)7-11-6-9-1-2-10(11)5-9/h3-4,8-11H,1-2,5-7,16H2. The zero-order chi connectivity index (χ0) is 12.1. The number of hydrogen-bond acceptors (Lipinski definition) is 3. The van der Waals surface area contributed by atoms with E-state index in [9.17, 15) is 0 Å². The molecule has 0 amide bonds. The van der Waals surface area contributed by atoms with Gasteiger partial charge < -0.3 is 5.73 Å². The maximum atomic E-state index is 5.83. The first-order valence-corrected chi connectivity index (χ1v) is 7.74. The fourth-order valence-corrected chi connectivity index (χ4v) is 5.04. The molecule has 2 aromatic rings. The van der Waals surface area contributed by atoms with Crippen molar-refractivity contribution in [3.05, 3.63) is 23.2 Å². The van der Waals surface area contributed by atoms with Crippen LogP contribution in [0.1, 0.15) is 30.7 Å². The van der Waals surface area contributed by atoms with Crippen molar-refractivity contribution in [3.8, 4) is 0 Å². The zero-order valence-corrected chi connectivity index (χ0v) is 11.2. The number of hydrogen-bond donors (Lipinski definition) is 1. The van der Waals surface area contributed by atoms with E-state index in [0.29, 0.717) is 0 Å². The fraction of sp³-hybridized carbons (Fsp3) is 0.533. The number of fused-ring (bicyclic) bond motifs is 3. The van der Waals surface area contributed by atoms with Crippen molar-refractivity contribution in [2.75, 3.05) is 5.73 Å². The van der Waals surface area contributed by atoms with Gasteiger partial charge in [0.1, 0.15) is 0 Å². The van der Waals surface area contributed by atoms with Crippen LogP contribution in [0.15, 0.2) is 18.2 Å².